The van der Waals surface area contributed by atoms with E-state index in [2.05, 4.69) is 204 Å². The lowest BCUT2D eigenvalue weighted by Crippen LogP contribution is -2.39. The van der Waals surface area contributed by atoms with Crippen LogP contribution in [0.5, 0.6) is 11.5 Å². The number of nitrogens with zero attached hydrogens (tertiary/aromatic N) is 2. The SMILES string of the molecule is c1ccc(-c2ccc(N3c4ccccc4C4(c5ccccc5Oc5ccccc54)c4cc5c(cc43)c3ccccc3n5-c3ccccc3)cc2)cc1. The lowest BCUT2D eigenvalue weighted by Gasteiger charge is -2.48. The van der Waals surface area contributed by atoms with Crippen molar-refractivity contribution in [1.82, 2.24) is 4.57 Å². The monoisotopic (exact) mass is 664 g/mol. The first-order chi connectivity index (χ1) is 25.8. The van der Waals surface area contributed by atoms with Crippen LogP contribution in [0, 0.1) is 0 Å². The molecule has 0 amide bonds. The van der Waals surface area contributed by atoms with Crippen LogP contribution in [0.25, 0.3) is 38.6 Å². The van der Waals surface area contributed by atoms with E-state index >= 15 is 0 Å². The van der Waals surface area contributed by atoms with Gasteiger partial charge in [0.25, 0.3) is 0 Å². The van der Waals surface area contributed by atoms with Crippen molar-refractivity contribution in [2.45, 2.75) is 5.41 Å². The van der Waals surface area contributed by atoms with Gasteiger partial charge in [0.15, 0.2) is 0 Å². The van der Waals surface area contributed by atoms with Crippen molar-refractivity contribution in [2.24, 2.45) is 0 Å². The predicted molar refractivity (Wildman–Crippen MR) is 213 cm³/mol. The van der Waals surface area contributed by atoms with Crippen molar-refractivity contribution >= 4 is 38.9 Å². The third-order valence-corrected chi connectivity index (χ3v) is 11.0. The van der Waals surface area contributed by atoms with Crippen molar-refractivity contribution in [2.75, 3.05) is 4.90 Å². The highest BCUT2D eigenvalue weighted by Gasteiger charge is 2.51. The molecule has 244 valence electrons. The summed E-state index contributed by atoms with van der Waals surface area (Å²) in [5.74, 6) is 1.76. The minimum Gasteiger partial charge on any atom is -0.457 e. The maximum Gasteiger partial charge on any atom is 0.132 e. The molecule has 8 aromatic carbocycles. The molecule has 0 aliphatic carbocycles. The Kier molecular flexibility index (Phi) is 6.17. The van der Waals surface area contributed by atoms with E-state index in [1.165, 1.54) is 44.1 Å². The molecule has 2 aliphatic heterocycles. The van der Waals surface area contributed by atoms with E-state index in [1.54, 1.807) is 0 Å². The molecule has 0 unspecified atom stereocenters. The van der Waals surface area contributed by atoms with Crippen LogP contribution >= 0.6 is 0 Å². The first-order valence-electron chi connectivity index (χ1n) is 17.9. The molecule has 3 heterocycles. The summed E-state index contributed by atoms with van der Waals surface area (Å²) in [6.45, 7) is 0. The molecule has 1 spiro atoms. The molecule has 3 heteroatoms. The molecule has 3 nitrogen and oxygen atoms in total. The molecule has 0 saturated heterocycles. The fourth-order valence-electron chi connectivity index (χ4n) is 8.89. The van der Waals surface area contributed by atoms with Crippen LogP contribution in [0.3, 0.4) is 0 Å². The average molecular weight is 665 g/mol. The molecule has 11 rings (SSSR count). The minimum absolute atomic E-state index is 0.649. The molecule has 9 aromatic rings. The molecule has 0 saturated carbocycles. The number of hydrogen-bond donors (Lipinski definition) is 0. The Morgan fingerprint density at radius 2 is 0.942 bits per heavy atom. The first-order valence-corrected chi connectivity index (χ1v) is 17.9. The number of rotatable bonds is 3. The van der Waals surface area contributed by atoms with E-state index in [0.29, 0.717) is 0 Å². The summed E-state index contributed by atoms with van der Waals surface area (Å²) in [6.07, 6.45) is 0. The van der Waals surface area contributed by atoms with E-state index in [0.717, 1.165) is 45.4 Å². The van der Waals surface area contributed by atoms with Crippen LogP contribution in [0.4, 0.5) is 17.1 Å². The van der Waals surface area contributed by atoms with Gasteiger partial charge in [-0.05, 0) is 82.9 Å². The Hall–Kier alpha value is -6.84. The van der Waals surface area contributed by atoms with Crippen LogP contribution in [-0.4, -0.2) is 4.57 Å². The largest absolute Gasteiger partial charge is 0.457 e. The van der Waals surface area contributed by atoms with Gasteiger partial charge in [0.05, 0.1) is 27.8 Å². The second kappa shape index (κ2) is 11.1. The third-order valence-electron chi connectivity index (χ3n) is 11.0. The molecular weight excluding hydrogens is 633 g/mol. The maximum absolute atomic E-state index is 6.71. The van der Waals surface area contributed by atoms with E-state index in [-0.39, 0.29) is 0 Å². The quantitative estimate of drug-likeness (QED) is 0.187. The Morgan fingerprint density at radius 3 is 1.67 bits per heavy atom. The average Bonchev–Trinajstić information content (AvgIpc) is 3.54. The maximum atomic E-state index is 6.71. The molecule has 52 heavy (non-hydrogen) atoms. The predicted octanol–water partition coefficient (Wildman–Crippen LogP) is 12.7. The summed E-state index contributed by atoms with van der Waals surface area (Å²) in [5, 5.41) is 2.44. The summed E-state index contributed by atoms with van der Waals surface area (Å²) in [6, 6.07) is 70.2. The van der Waals surface area contributed by atoms with Gasteiger partial charge in [-0.2, -0.15) is 0 Å². The van der Waals surface area contributed by atoms with Crippen molar-refractivity contribution in [1.29, 1.82) is 0 Å². The minimum atomic E-state index is -0.649. The Bertz CT molecular complexity index is 2770. The number of para-hydroxylation sites is 5. The molecule has 0 radical (unpaired) electrons. The van der Waals surface area contributed by atoms with Crippen LogP contribution in [-0.2, 0) is 5.41 Å². The van der Waals surface area contributed by atoms with Gasteiger partial charge >= 0.3 is 0 Å². The lowest BCUT2D eigenvalue weighted by molar-refractivity contribution is 0.434. The number of fused-ring (bicyclic) bond motifs is 11. The van der Waals surface area contributed by atoms with Gasteiger partial charge in [0, 0.05) is 33.3 Å². The fourth-order valence-corrected chi connectivity index (χ4v) is 8.89. The third kappa shape index (κ3) is 3.96. The Labute approximate surface area is 302 Å². The highest BCUT2D eigenvalue weighted by atomic mass is 16.5. The summed E-state index contributed by atoms with van der Waals surface area (Å²) in [7, 11) is 0. The zero-order chi connectivity index (χ0) is 34.2. The van der Waals surface area contributed by atoms with Crippen molar-refractivity contribution in [3.8, 4) is 28.3 Å². The molecule has 0 atom stereocenters. The summed E-state index contributed by atoms with van der Waals surface area (Å²) >= 11 is 0. The summed E-state index contributed by atoms with van der Waals surface area (Å²) in [5.41, 5.74) is 13.4. The molecular formula is C49H32N2O. The number of hydrogen-bond acceptors (Lipinski definition) is 2. The van der Waals surface area contributed by atoms with Gasteiger partial charge < -0.3 is 14.2 Å². The highest BCUT2D eigenvalue weighted by Crippen LogP contribution is 2.63. The van der Waals surface area contributed by atoms with Gasteiger partial charge in [-0.15, -0.1) is 0 Å². The lowest BCUT2D eigenvalue weighted by atomic mass is 9.61. The van der Waals surface area contributed by atoms with Crippen molar-refractivity contribution in [3.63, 3.8) is 0 Å². The van der Waals surface area contributed by atoms with E-state index in [9.17, 15) is 0 Å². The van der Waals surface area contributed by atoms with E-state index < -0.39 is 5.41 Å². The second-order valence-electron chi connectivity index (χ2n) is 13.7. The normalized spacial score (nSPS) is 13.7. The summed E-state index contributed by atoms with van der Waals surface area (Å²) in [4.78, 5) is 2.47. The molecule has 0 bridgehead atoms. The van der Waals surface area contributed by atoms with E-state index in [1.807, 2.05) is 0 Å². The number of aromatic nitrogens is 1. The molecule has 1 aromatic heterocycles. The molecule has 0 N–H and O–H groups in total. The van der Waals surface area contributed by atoms with Crippen molar-refractivity contribution in [3.05, 3.63) is 216 Å². The fraction of sp³-hybridized carbons (Fsp3) is 0.0204. The van der Waals surface area contributed by atoms with Crippen LogP contribution in [0.2, 0.25) is 0 Å². The van der Waals surface area contributed by atoms with Gasteiger partial charge in [0.2, 0.25) is 0 Å². The Morgan fingerprint density at radius 1 is 0.365 bits per heavy atom. The number of ether oxygens (including phenoxy) is 1. The molecule has 0 fully saturated rings. The first kappa shape index (κ1) is 28.9. The van der Waals surface area contributed by atoms with Gasteiger partial charge in [-0.25, -0.2) is 0 Å². The van der Waals surface area contributed by atoms with Crippen molar-refractivity contribution < 1.29 is 4.74 Å². The number of anilines is 3. The van der Waals surface area contributed by atoms with Crippen LogP contribution in [0.15, 0.2) is 194 Å². The van der Waals surface area contributed by atoms with Gasteiger partial charge in [-0.1, -0.05) is 133 Å². The molecule has 2 aliphatic rings. The zero-order valence-corrected chi connectivity index (χ0v) is 28.3. The van der Waals surface area contributed by atoms with Gasteiger partial charge in [0.1, 0.15) is 11.5 Å². The van der Waals surface area contributed by atoms with E-state index in [4.69, 9.17) is 4.74 Å². The van der Waals surface area contributed by atoms with Gasteiger partial charge in [-0.3, -0.25) is 0 Å². The zero-order valence-electron chi connectivity index (χ0n) is 28.3. The van der Waals surface area contributed by atoms with Crippen LogP contribution in [0.1, 0.15) is 22.3 Å². The van der Waals surface area contributed by atoms with Crippen LogP contribution < -0.4 is 9.64 Å². The number of benzene rings is 8. The highest BCUT2D eigenvalue weighted by molar-refractivity contribution is 6.12. The Balaban J connectivity index is 1.29. The standard InChI is InChI=1S/C49H32N2O/c1-3-15-33(16-4-1)34-27-29-36(30-28-34)51-44-24-12-8-20-39(44)49(40-21-9-13-25-47(40)52-48-26-14-10-22-41(48)49)42-32-45-38(31-46(42)51)37-19-7-11-23-43(37)50(45)35-17-5-2-6-18-35/h1-32H. The smallest absolute Gasteiger partial charge is 0.132 e. The second-order valence-corrected chi connectivity index (χ2v) is 13.7. The summed E-state index contributed by atoms with van der Waals surface area (Å²) < 4.78 is 9.14. The topological polar surface area (TPSA) is 17.4 Å².